The highest BCUT2D eigenvalue weighted by Gasteiger charge is 2.12. The standard InChI is InChI=1S/C15H13FO3/c1-18-12-5-3-4-10(6-12)13-7-11(9-17)15(19-2)8-14(13)16/h3-9H,1-2H3. The number of halogens is 1. The molecule has 0 heterocycles. The summed E-state index contributed by atoms with van der Waals surface area (Å²) in [5.41, 5.74) is 1.28. The molecular formula is C15H13FO3. The first kappa shape index (κ1) is 13.1. The van der Waals surface area contributed by atoms with Crippen LogP contribution in [0.1, 0.15) is 10.4 Å². The van der Waals surface area contributed by atoms with Crippen LogP contribution in [0.3, 0.4) is 0 Å². The SMILES string of the molecule is COc1cccc(-c2cc(C=O)c(OC)cc2F)c1. The van der Waals surface area contributed by atoms with Gasteiger partial charge in [0.1, 0.15) is 17.3 Å². The van der Waals surface area contributed by atoms with Crippen molar-refractivity contribution in [2.75, 3.05) is 14.2 Å². The number of benzene rings is 2. The second-order valence-electron chi connectivity index (χ2n) is 3.92. The third kappa shape index (κ3) is 2.57. The molecule has 98 valence electrons. The van der Waals surface area contributed by atoms with Crippen LogP contribution in [0.5, 0.6) is 11.5 Å². The molecular weight excluding hydrogens is 247 g/mol. The molecule has 0 unspecified atom stereocenters. The van der Waals surface area contributed by atoms with Gasteiger partial charge in [0.15, 0.2) is 6.29 Å². The summed E-state index contributed by atoms with van der Waals surface area (Å²) in [6.07, 6.45) is 0.641. The Morgan fingerprint density at radius 2 is 1.89 bits per heavy atom. The van der Waals surface area contributed by atoms with Crippen molar-refractivity contribution in [3.63, 3.8) is 0 Å². The molecule has 0 saturated heterocycles. The van der Waals surface area contributed by atoms with Gasteiger partial charge in [-0.15, -0.1) is 0 Å². The van der Waals surface area contributed by atoms with Gasteiger partial charge in [0, 0.05) is 11.6 Å². The molecule has 3 nitrogen and oxygen atoms in total. The van der Waals surface area contributed by atoms with E-state index in [-0.39, 0.29) is 5.75 Å². The summed E-state index contributed by atoms with van der Waals surface area (Å²) in [5.74, 6) is 0.398. The quantitative estimate of drug-likeness (QED) is 0.791. The average Bonchev–Trinajstić information content (AvgIpc) is 2.46. The molecule has 19 heavy (non-hydrogen) atoms. The number of hydrogen-bond donors (Lipinski definition) is 0. The van der Waals surface area contributed by atoms with Crippen molar-refractivity contribution in [2.24, 2.45) is 0 Å². The number of rotatable bonds is 4. The first-order valence-corrected chi connectivity index (χ1v) is 5.66. The Balaban J connectivity index is 2.58. The summed E-state index contributed by atoms with van der Waals surface area (Å²) in [4.78, 5) is 11.0. The highest BCUT2D eigenvalue weighted by atomic mass is 19.1. The van der Waals surface area contributed by atoms with Crippen molar-refractivity contribution in [1.82, 2.24) is 0 Å². The van der Waals surface area contributed by atoms with E-state index >= 15 is 0 Å². The first-order chi connectivity index (χ1) is 9.19. The molecule has 4 heteroatoms. The normalized spacial score (nSPS) is 10.1. The molecule has 2 aromatic rings. The predicted molar refractivity (Wildman–Crippen MR) is 70.3 cm³/mol. The van der Waals surface area contributed by atoms with E-state index in [1.54, 1.807) is 31.4 Å². The van der Waals surface area contributed by atoms with Crippen LogP contribution in [-0.2, 0) is 0 Å². The van der Waals surface area contributed by atoms with E-state index < -0.39 is 5.82 Å². The maximum absolute atomic E-state index is 14.0. The maximum Gasteiger partial charge on any atom is 0.153 e. The van der Waals surface area contributed by atoms with E-state index in [1.807, 2.05) is 0 Å². The lowest BCUT2D eigenvalue weighted by atomic mass is 10.0. The molecule has 0 bridgehead atoms. The van der Waals surface area contributed by atoms with Crippen LogP contribution in [-0.4, -0.2) is 20.5 Å². The van der Waals surface area contributed by atoms with Gasteiger partial charge in [-0.05, 0) is 23.8 Å². The van der Waals surface area contributed by atoms with Crippen LogP contribution in [0.25, 0.3) is 11.1 Å². The fourth-order valence-corrected chi connectivity index (χ4v) is 1.85. The number of carbonyl (C=O) groups is 1. The lowest BCUT2D eigenvalue weighted by Gasteiger charge is -2.09. The number of aldehydes is 1. The third-order valence-electron chi connectivity index (χ3n) is 2.83. The van der Waals surface area contributed by atoms with Crippen molar-refractivity contribution in [3.05, 3.63) is 47.8 Å². The lowest BCUT2D eigenvalue weighted by molar-refractivity contribution is 0.112. The minimum atomic E-state index is -0.448. The van der Waals surface area contributed by atoms with Crippen LogP contribution >= 0.6 is 0 Å². The first-order valence-electron chi connectivity index (χ1n) is 5.66. The van der Waals surface area contributed by atoms with E-state index in [2.05, 4.69) is 0 Å². The minimum absolute atomic E-state index is 0.221. The smallest absolute Gasteiger partial charge is 0.153 e. The van der Waals surface area contributed by atoms with Crippen molar-refractivity contribution in [2.45, 2.75) is 0 Å². The summed E-state index contributed by atoms with van der Waals surface area (Å²) in [6.45, 7) is 0. The molecule has 0 aromatic heterocycles. The largest absolute Gasteiger partial charge is 0.497 e. The molecule has 0 aliphatic rings. The Morgan fingerprint density at radius 3 is 2.53 bits per heavy atom. The summed E-state index contributed by atoms with van der Waals surface area (Å²) in [7, 11) is 2.94. The van der Waals surface area contributed by atoms with Gasteiger partial charge in [0.2, 0.25) is 0 Å². The maximum atomic E-state index is 14.0. The van der Waals surface area contributed by atoms with Gasteiger partial charge in [0.25, 0.3) is 0 Å². The summed E-state index contributed by atoms with van der Waals surface area (Å²) >= 11 is 0. The molecule has 0 aliphatic heterocycles. The molecule has 0 radical (unpaired) electrons. The van der Waals surface area contributed by atoms with E-state index in [9.17, 15) is 9.18 Å². The highest BCUT2D eigenvalue weighted by molar-refractivity contribution is 5.83. The molecule has 2 rings (SSSR count). The summed E-state index contributed by atoms with van der Waals surface area (Å²) in [6, 6.07) is 9.67. The zero-order valence-corrected chi connectivity index (χ0v) is 10.6. The molecule has 0 aliphatic carbocycles. The zero-order valence-electron chi connectivity index (χ0n) is 10.6. The Bertz CT molecular complexity index is 608. The average molecular weight is 260 g/mol. The topological polar surface area (TPSA) is 35.5 Å². The number of carbonyl (C=O) groups excluding carboxylic acids is 1. The Kier molecular flexibility index (Phi) is 3.80. The molecule has 0 N–H and O–H groups in total. The van der Waals surface area contributed by atoms with Gasteiger partial charge >= 0.3 is 0 Å². The second kappa shape index (κ2) is 5.52. The minimum Gasteiger partial charge on any atom is -0.497 e. The van der Waals surface area contributed by atoms with E-state index in [1.165, 1.54) is 19.2 Å². The Hall–Kier alpha value is -2.36. The predicted octanol–water partition coefficient (Wildman–Crippen LogP) is 3.32. The number of methoxy groups -OCH3 is 2. The molecule has 0 fully saturated rings. The molecule has 2 aromatic carbocycles. The Morgan fingerprint density at radius 1 is 1.11 bits per heavy atom. The van der Waals surface area contributed by atoms with Gasteiger partial charge in [-0.3, -0.25) is 4.79 Å². The third-order valence-corrected chi connectivity index (χ3v) is 2.83. The van der Waals surface area contributed by atoms with Crippen molar-refractivity contribution < 1.29 is 18.7 Å². The van der Waals surface area contributed by atoms with Crippen molar-refractivity contribution in [1.29, 1.82) is 0 Å². The molecule has 0 saturated carbocycles. The Labute approximate surface area is 110 Å². The van der Waals surface area contributed by atoms with Crippen LogP contribution < -0.4 is 9.47 Å². The molecule has 0 spiro atoms. The summed E-state index contributed by atoms with van der Waals surface area (Å²) in [5, 5.41) is 0. The number of hydrogen-bond acceptors (Lipinski definition) is 3. The number of ether oxygens (including phenoxy) is 2. The van der Waals surface area contributed by atoms with Crippen molar-refractivity contribution in [3.8, 4) is 22.6 Å². The fourth-order valence-electron chi connectivity index (χ4n) is 1.85. The summed E-state index contributed by atoms with van der Waals surface area (Å²) < 4.78 is 24.1. The lowest BCUT2D eigenvalue weighted by Crippen LogP contribution is -1.95. The second-order valence-corrected chi connectivity index (χ2v) is 3.92. The fraction of sp³-hybridized carbons (Fsp3) is 0.133. The molecule has 0 atom stereocenters. The van der Waals surface area contributed by atoms with E-state index in [4.69, 9.17) is 9.47 Å². The molecule has 0 amide bonds. The van der Waals surface area contributed by atoms with Crippen LogP contribution in [0.4, 0.5) is 4.39 Å². The van der Waals surface area contributed by atoms with Crippen LogP contribution in [0, 0.1) is 5.82 Å². The highest BCUT2D eigenvalue weighted by Crippen LogP contribution is 2.30. The van der Waals surface area contributed by atoms with Gasteiger partial charge in [-0.2, -0.15) is 0 Å². The monoisotopic (exact) mass is 260 g/mol. The van der Waals surface area contributed by atoms with Gasteiger partial charge in [-0.25, -0.2) is 4.39 Å². The van der Waals surface area contributed by atoms with Gasteiger partial charge < -0.3 is 9.47 Å². The van der Waals surface area contributed by atoms with Gasteiger partial charge in [-0.1, -0.05) is 12.1 Å². The van der Waals surface area contributed by atoms with Crippen LogP contribution in [0.15, 0.2) is 36.4 Å². The van der Waals surface area contributed by atoms with E-state index in [0.717, 1.165) is 0 Å². The van der Waals surface area contributed by atoms with Crippen molar-refractivity contribution >= 4 is 6.29 Å². The van der Waals surface area contributed by atoms with E-state index in [0.29, 0.717) is 28.7 Å². The van der Waals surface area contributed by atoms with Crippen LogP contribution in [0.2, 0.25) is 0 Å². The zero-order chi connectivity index (χ0) is 13.8. The van der Waals surface area contributed by atoms with Gasteiger partial charge in [0.05, 0.1) is 19.8 Å².